The van der Waals surface area contributed by atoms with Gasteiger partial charge in [-0.05, 0) is 12.5 Å². The van der Waals surface area contributed by atoms with E-state index in [9.17, 15) is 4.79 Å². The number of hydrogen-bond donors (Lipinski definition) is 0. The molecule has 1 amide bonds. The Labute approximate surface area is 130 Å². The molecule has 3 heterocycles. The van der Waals surface area contributed by atoms with Gasteiger partial charge >= 0.3 is 0 Å². The van der Waals surface area contributed by atoms with Gasteiger partial charge in [-0.2, -0.15) is 0 Å². The number of aromatic nitrogens is 2. The van der Waals surface area contributed by atoms with Crippen molar-refractivity contribution in [1.82, 2.24) is 15.1 Å². The van der Waals surface area contributed by atoms with Crippen molar-refractivity contribution in [2.75, 3.05) is 45.3 Å². The molecule has 0 aliphatic carbocycles. The number of carbonyl (C=O) groups excluding carboxylic acids is 1. The van der Waals surface area contributed by atoms with Gasteiger partial charge in [0.1, 0.15) is 6.10 Å². The first kappa shape index (κ1) is 15.0. The maximum absolute atomic E-state index is 12.3. The number of hydrogen-bond acceptors (Lipinski definition) is 6. The van der Waals surface area contributed by atoms with Crippen LogP contribution in [0.25, 0.3) is 0 Å². The lowest BCUT2D eigenvalue weighted by atomic mass is 10.1. The van der Waals surface area contributed by atoms with Crippen LogP contribution >= 0.6 is 0 Å². The maximum Gasteiger partial charge on any atom is 0.233 e. The molecule has 0 bridgehead atoms. The lowest BCUT2D eigenvalue weighted by Gasteiger charge is -2.19. The van der Waals surface area contributed by atoms with Crippen molar-refractivity contribution in [3.05, 3.63) is 12.1 Å². The number of anilines is 1. The predicted octanol–water partition coefficient (Wildman–Crippen LogP) is 0.559. The summed E-state index contributed by atoms with van der Waals surface area (Å²) in [4.78, 5) is 16.1. The van der Waals surface area contributed by atoms with Gasteiger partial charge in [-0.25, -0.2) is 0 Å². The molecule has 7 nitrogen and oxygen atoms in total. The zero-order valence-corrected chi connectivity index (χ0v) is 13.1. The smallest absolute Gasteiger partial charge is 0.233 e. The topological polar surface area (TPSA) is 67.8 Å². The molecule has 120 valence electrons. The van der Waals surface area contributed by atoms with Gasteiger partial charge < -0.3 is 19.3 Å². The third kappa shape index (κ3) is 3.30. The van der Waals surface area contributed by atoms with Crippen molar-refractivity contribution < 1.29 is 14.3 Å². The van der Waals surface area contributed by atoms with Gasteiger partial charge in [-0.1, -0.05) is 0 Å². The minimum Gasteiger partial charge on any atom is -0.471 e. The van der Waals surface area contributed by atoms with Crippen molar-refractivity contribution in [3.8, 4) is 5.88 Å². The minimum absolute atomic E-state index is 0.00854. The van der Waals surface area contributed by atoms with Crippen LogP contribution in [-0.4, -0.2) is 67.5 Å². The molecule has 2 saturated heterocycles. The molecule has 3 rings (SSSR count). The summed E-state index contributed by atoms with van der Waals surface area (Å²) in [6.07, 6.45) is 1.65. The van der Waals surface area contributed by atoms with Crippen LogP contribution in [0, 0.1) is 5.92 Å². The fourth-order valence-electron chi connectivity index (χ4n) is 2.80. The summed E-state index contributed by atoms with van der Waals surface area (Å²) >= 11 is 0. The Balaban J connectivity index is 1.53. The predicted molar refractivity (Wildman–Crippen MR) is 80.9 cm³/mol. The van der Waals surface area contributed by atoms with Gasteiger partial charge in [0.2, 0.25) is 11.8 Å². The molecule has 0 spiro atoms. The van der Waals surface area contributed by atoms with Gasteiger partial charge in [0.15, 0.2) is 5.82 Å². The van der Waals surface area contributed by atoms with Crippen LogP contribution in [-0.2, 0) is 9.53 Å². The minimum atomic E-state index is -0.00854. The fraction of sp³-hybridized carbons (Fsp3) is 0.667. The summed E-state index contributed by atoms with van der Waals surface area (Å²) in [7, 11) is 3.83. The highest BCUT2D eigenvalue weighted by molar-refractivity contribution is 5.79. The molecule has 0 radical (unpaired) electrons. The average molecular weight is 306 g/mol. The summed E-state index contributed by atoms with van der Waals surface area (Å²) in [5, 5.41) is 8.16. The second-order valence-electron chi connectivity index (χ2n) is 6.00. The number of ether oxygens (including phenoxy) is 2. The van der Waals surface area contributed by atoms with Crippen LogP contribution in [0.4, 0.5) is 5.82 Å². The zero-order valence-electron chi connectivity index (χ0n) is 13.1. The van der Waals surface area contributed by atoms with E-state index in [0.717, 1.165) is 25.2 Å². The first-order valence-electron chi connectivity index (χ1n) is 7.67. The molecule has 7 heteroatoms. The first-order chi connectivity index (χ1) is 10.6. The van der Waals surface area contributed by atoms with E-state index in [2.05, 4.69) is 10.2 Å². The second kappa shape index (κ2) is 6.48. The van der Waals surface area contributed by atoms with Crippen molar-refractivity contribution in [2.45, 2.75) is 18.9 Å². The molecule has 1 aromatic rings. The fourth-order valence-corrected chi connectivity index (χ4v) is 2.80. The molecule has 2 aliphatic heterocycles. The van der Waals surface area contributed by atoms with Crippen LogP contribution in [0.3, 0.4) is 0 Å². The summed E-state index contributed by atoms with van der Waals surface area (Å²) < 4.78 is 11.1. The van der Waals surface area contributed by atoms with E-state index in [1.807, 2.05) is 36.0 Å². The van der Waals surface area contributed by atoms with Crippen LogP contribution < -0.4 is 9.64 Å². The lowest BCUT2D eigenvalue weighted by molar-refractivity contribution is -0.134. The molecule has 1 aromatic heterocycles. The second-order valence-corrected chi connectivity index (χ2v) is 6.00. The molecule has 22 heavy (non-hydrogen) atoms. The summed E-state index contributed by atoms with van der Waals surface area (Å²) in [5.74, 6) is 1.52. The molecular formula is C15H22N4O3. The van der Waals surface area contributed by atoms with Crippen LogP contribution in [0.15, 0.2) is 12.1 Å². The largest absolute Gasteiger partial charge is 0.471 e. The van der Waals surface area contributed by atoms with Crippen LogP contribution in [0.1, 0.15) is 12.8 Å². The SMILES string of the molecule is CN(C)c1ccc(O[C@@H]2CCN(C(=O)[C@@H]3CCOC3)C2)nn1. The Morgan fingerprint density at radius 3 is 2.86 bits per heavy atom. The Bertz CT molecular complexity index is 514. The highest BCUT2D eigenvalue weighted by Crippen LogP contribution is 2.22. The Morgan fingerprint density at radius 2 is 2.23 bits per heavy atom. The Hall–Kier alpha value is -1.89. The van der Waals surface area contributed by atoms with E-state index < -0.39 is 0 Å². The zero-order chi connectivity index (χ0) is 15.5. The molecule has 0 aromatic carbocycles. The standard InChI is InChI=1S/C15H22N4O3/c1-18(2)13-3-4-14(17-16-13)22-12-5-7-19(9-12)15(20)11-6-8-21-10-11/h3-4,11-12H,5-10H2,1-2H3/t11-,12-/m1/s1. The maximum atomic E-state index is 12.3. The van der Waals surface area contributed by atoms with Gasteiger partial charge in [-0.3, -0.25) is 4.79 Å². The van der Waals surface area contributed by atoms with Crippen molar-refractivity contribution >= 4 is 11.7 Å². The quantitative estimate of drug-likeness (QED) is 0.809. The van der Waals surface area contributed by atoms with E-state index in [-0.39, 0.29) is 17.9 Å². The average Bonchev–Trinajstić information content (AvgIpc) is 3.19. The van der Waals surface area contributed by atoms with Crippen molar-refractivity contribution in [3.63, 3.8) is 0 Å². The van der Waals surface area contributed by atoms with Gasteiger partial charge in [-0.15, -0.1) is 10.2 Å². The van der Waals surface area contributed by atoms with Gasteiger partial charge in [0, 0.05) is 39.7 Å². The number of nitrogens with zero attached hydrogens (tertiary/aromatic N) is 4. The highest BCUT2D eigenvalue weighted by Gasteiger charge is 2.33. The third-order valence-corrected chi connectivity index (χ3v) is 4.11. The van der Waals surface area contributed by atoms with Crippen molar-refractivity contribution in [2.24, 2.45) is 5.92 Å². The number of amides is 1. The van der Waals surface area contributed by atoms with Gasteiger partial charge in [0.05, 0.1) is 19.1 Å². The summed E-state index contributed by atoms with van der Waals surface area (Å²) in [6.45, 7) is 2.60. The Morgan fingerprint density at radius 1 is 1.36 bits per heavy atom. The normalized spacial score (nSPS) is 24.5. The molecule has 2 atom stereocenters. The monoisotopic (exact) mass is 306 g/mol. The van der Waals surface area contributed by atoms with E-state index in [1.54, 1.807) is 0 Å². The molecule has 2 aliphatic rings. The molecule has 0 saturated carbocycles. The first-order valence-corrected chi connectivity index (χ1v) is 7.67. The van der Waals surface area contributed by atoms with Crippen molar-refractivity contribution in [1.29, 1.82) is 0 Å². The van der Waals surface area contributed by atoms with Gasteiger partial charge in [0.25, 0.3) is 0 Å². The summed E-state index contributed by atoms with van der Waals surface area (Å²) in [6, 6.07) is 3.69. The molecule has 0 unspecified atom stereocenters. The molecule has 0 N–H and O–H groups in total. The van der Waals surface area contributed by atoms with E-state index in [0.29, 0.717) is 25.6 Å². The number of carbonyl (C=O) groups is 1. The number of rotatable bonds is 4. The van der Waals surface area contributed by atoms with E-state index in [4.69, 9.17) is 9.47 Å². The highest BCUT2D eigenvalue weighted by atomic mass is 16.5. The third-order valence-electron chi connectivity index (χ3n) is 4.11. The lowest BCUT2D eigenvalue weighted by Crippen LogP contribution is -2.36. The van der Waals surface area contributed by atoms with E-state index >= 15 is 0 Å². The van der Waals surface area contributed by atoms with E-state index in [1.165, 1.54) is 0 Å². The van der Waals surface area contributed by atoms with Crippen LogP contribution in [0.5, 0.6) is 5.88 Å². The van der Waals surface area contributed by atoms with Crippen LogP contribution in [0.2, 0.25) is 0 Å². The molecule has 2 fully saturated rings. The Kier molecular flexibility index (Phi) is 4.42. The molecular weight excluding hydrogens is 284 g/mol. The summed E-state index contributed by atoms with van der Waals surface area (Å²) in [5.41, 5.74) is 0. The number of likely N-dealkylation sites (tertiary alicyclic amines) is 1.